The van der Waals surface area contributed by atoms with Gasteiger partial charge in [-0.2, -0.15) is 13.2 Å². The van der Waals surface area contributed by atoms with Gasteiger partial charge >= 0.3 is 6.18 Å². The summed E-state index contributed by atoms with van der Waals surface area (Å²) in [7, 11) is 2.95. The van der Waals surface area contributed by atoms with Crippen LogP contribution in [0, 0.1) is 0 Å². The number of rotatable bonds is 5. The van der Waals surface area contributed by atoms with Crippen LogP contribution in [0.2, 0.25) is 0 Å². The van der Waals surface area contributed by atoms with Gasteiger partial charge in [0, 0.05) is 33.4 Å². The minimum Gasteiger partial charge on any atom is -0.377 e. The molecule has 108 valence electrons. The molecule has 7 heteroatoms. The zero-order valence-corrected chi connectivity index (χ0v) is 10.9. The molecular weight excluding hydrogens is 249 g/mol. The van der Waals surface area contributed by atoms with Crippen LogP contribution < -0.4 is 5.73 Å². The zero-order chi connectivity index (χ0) is 13.9. The lowest BCUT2D eigenvalue weighted by atomic mass is 10.0. The van der Waals surface area contributed by atoms with Crippen LogP contribution in [0.25, 0.3) is 0 Å². The Morgan fingerprint density at radius 1 is 1.22 bits per heavy atom. The van der Waals surface area contributed by atoms with E-state index in [1.54, 1.807) is 6.92 Å². The summed E-state index contributed by atoms with van der Waals surface area (Å²) in [6, 6.07) is -2.57. The Hall–Kier alpha value is -0.370. The summed E-state index contributed by atoms with van der Waals surface area (Å²) in [5.74, 6) is 0. The average Bonchev–Trinajstić information content (AvgIpc) is 2.69. The third-order valence-electron chi connectivity index (χ3n) is 3.45. The Kier molecular flexibility index (Phi) is 5.39. The van der Waals surface area contributed by atoms with E-state index < -0.39 is 18.3 Å². The minimum absolute atomic E-state index is 0.187. The number of halogens is 3. The Balaban J connectivity index is 2.82. The number of hydrogen-bond acceptors (Lipinski definition) is 4. The van der Waals surface area contributed by atoms with Gasteiger partial charge in [-0.05, 0) is 6.42 Å². The molecule has 0 radical (unpaired) electrons. The molecule has 0 aliphatic carbocycles. The first-order chi connectivity index (χ1) is 8.35. The van der Waals surface area contributed by atoms with E-state index in [9.17, 15) is 13.2 Å². The smallest absolute Gasteiger partial charge is 0.377 e. The summed E-state index contributed by atoms with van der Waals surface area (Å²) in [6.07, 6.45) is -4.75. The van der Waals surface area contributed by atoms with Gasteiger partial charge < -0.3 is 15.2 Å². The van der Waals surface area contributed by atoms with Crippen molar-refractivity contribution >= 4 is 0 Å². The molecule has 0 bridgehead atoms. The van der Waals surface area contributed by atoms with E-state index in [0.717, 1.165) is 0 Å². The van der Waals surface area contributed by atoms with Gasteiger partial charge in [-0.3, -0.25) is 4.90 Å². The molecule has 0 aromatic heterocycles. The molecule has 1 heterocycles. The van der Waals surface area contributed by atoms with Crippen LogP contribution in [0.5, 0.6) is 0 Å². The van der Waals surface area contributed by atoms with E-state index in [-0.39, 0.29) is 31.7 Å². The van der Waals surface area contributed by atoms with E-state index in [0.29, 0.717) is 0 Å². The summed E-state index contributed by atoms with van der Waals surface area (Å²) in [5.41, 5.74) is 5.61. The molecule has 0 amide bonds. The molecule has 1 aliphatic rings. The number of likely N-dealkylation sites (tertiary alicyclic amines) is 1. The zero-order valence-electron chi connectivity index (χ0n) is 10.9. The fourth-order valence-electron chi connectivity index (χ4n) is 2.40. The molecule has 1 rings (SSSR count). The second-order valence-corrected chi connectivity index (χ2v) is 4.56. The molecule has 4 nitrogen and oxygen atoms in total. The van der Waals surface area contributed by atoms with Gasteiger partial charge in [-0.1, -0.05) is 6.92 Å². The van der Waals surface area contributed by atoms with Crippen molar-refractivity contribution in [2.24, 2.45) is 5.73 Å². The molecular formula is C11H21F3N2O2. The number of nitrogens with two attached hydrogens (primary N) is 1. The molecule has 0 aromatic carbocycles. The molecule has 2 N–H and O–H groups in total. The predicted molar refractivity (Wildman–Crippen MR) is 61.3 cm³/mol. The Labute approximate surface area is 105 Å². The largest absolute Gasteiger partial charge is 0.405 e. The van der Waals surface area contributed by atoms with E-state index in [1.165, 1.54) is 19.1 Å². The van der Waals surface area contributed by atoms with Crippen LogP contribution in [0.3, 0.4) is 0 Å². The fourth-order valence-corrected chi connectivity index (χ4v) is 2.40. The van der Waals surface area contributed by atoms with Crippen LogP contribution in [0.1, 0.15) is 13.3 Å². The fraction of sp³-hybridized carbons (Fsp3) is 1.00. The first-order valence-corrected chi connectivity index (χ1v) is 5.97. The number of hydrogen-bond donors (Lipinski definition) is 1. The maximum atomic E-state index is 13.1. The summed E-state index contributed by atoms with van der Waals surface area (Å²) in [5, 5.41) is 0. The van der Waals surface area contributed by atoms with Crippen LogP contribution >= 0.6 is 0 Å². The summed E-state index contributed by atoms with van der Waals surface area (Å²) < 4.78 is 49.5. The maximum absolute atomic E-state index is 13.1. The van der Waals surface area contributed by atoms with Crippen LogP contribution in [0.15, 0.2) is 0 Å². The molecule has 0 aromatic rings. The van der Waals surface area contributed by atoms with Crippen molar-refractivity contribution in [1.82, 2.24) is 4.90 Å². The Morgan fingerprint density at radius 3 is 1.94 bits per heavy atom. The normalized spacial score (nSPS) is 29.5. The van der Waals surface area contributed by atoms with E-state index in [2.05, 4.69) is 0 Å². The first-order valence-electron chi connectivity index (χ1n) is 5.97. The molecule has 4 unspecified atom stereocenters. The van der Waals surface area contributed by atoms with E-state index >= 15 is 0 Å². The van der Waals surface area contributed by atoms with Gasteiger partial charge in [-0.15, -0.1) is 0 Å². The quantitative estimate of drug-likeness (QED) is 0.809. The van der Waals surface area contributed by atoms with Crippen LogP contribution in [-0.2, 0) is 9.47 Å². The SMILES string of the molecule is CCC(N)C(N1CC(OC)C(OC)C1)C(F)(F)F. The minimum atomic E-state index is -4.34. The third kappa shape index (κ3) is 3.34. The topological polar surface area (TPSA) is 47.7 Å². The second kappa shape index (κ2) is 6.18. The van der Waals surface area contributed by atoms with Gasteiger partial charge in [0.15, 0.2) is 0 Å². The average molecular weight is 270 g/mol. The van der Waals surface area contributed by atoms with E-state index in [4.69, 9.17) is 15.2 Å². The molecule has 18 heavy (non-hydrogen) atoms. The van der Waals surface area contributed by atoms with Crippen molar-refractivity contribution in [3.63, 3.8) is 0 Å². The molecule has 1 saturated heterocycles. The van der Waals surface area contributed by atoms with Crippen molar-refractivity contribution in [2.45, 2.75) is 43.8 Å². The monoisotopic (exact) mass is 270 g/mol. The third-order valence-corrected chi connectivity index (χ3v) is 3.45. The molecule has 0 spiro atoms. The molecule has 1 aliphatic heterocycles. The van der Waals surface area contributed by atoms with Crippen molar-refractivity contribution in [1.29, 1.82) is 0 Å². The van der Waals surface area contributed by atoms with Crippen LogP contribution in [0.4, 0.5) is 13.2 Å². The summed E-state index contributed by atoms with van der Waals surface area (Å²) in [6.45, 7) is 2.03. The highest BCUT2D eigenvalue weighted by Crippen LogP contribution is 2.31. The predicted octanol–water partition coefficient (Wildman–Crippen LogP) is 1.00. The number of ether oxygens (including phenoxy) is 2. The first kappa shape index (κ1) is 15.7. The van der Waals surface area contributed by atoms with Crippen LogP contribution in [-0.4, -0.2) is 62.7 Å². The number of alkyl halides is 3. The van der Waals surface area contributed by atoms with Gasteiger partial charge in [-0.25, -0.2) is 0 Å². The molecule has 4 atom stereocenters. The highest BCUT2D eigenvalue weighted by atomic mass is 19.4. The van der Waals surface area contributed by atoms with Crippen molar-refractivity contribution < 1.29 is 22.6 Å². The van der Waals surface area contributed by atoms with Crippen molar-refractivity contribution in [3.05, 3.63) is 0 Å². The lowest BCUT2D eigenvalue weighted by molar-refractivity contribution is -0.188. The molecule has 1 fully saturated rings. The Morgan fingerprint density at radius 2 is 1.67 bits per heavy atom. The lowest BCUT2D eigenvalue weighted by Gasteiger charge is -2.33. The maximum Gasteiger partial charge on any atom is 0.405 e. The lowest BCUT2D eigenvalue weighted by Crippen LogP contribution is -2.55. The van der Waals surface area contributed by atoms with Gasteiger partial charge in [0.05, 0.1) is 12.2 Å². The number of methoxy groups -OCH3 is 2. The number of nitrogens with zero attached hydrogens (tertiary/aromatic N) is 1. The Bertz CT molecular complexity index is 251. The van der Waals surface area contributed by atoms with Crippen molar-refractivity contribution in [2.75, 3.05) is 27.3 Å². The van der Waals surface area contributed by atoms with Crippen molar-refractivity contribution in [3.8, 4) is 0 Å². The van der Waals surface area contributed by atoms with Gasteiger partial charge in [0.1, 0.15) is 6.04 Å². The highest BCUT2D eigenvalue weighted by Gasteiger charge is 2.50. The molecule has 0 saturated carbocycles. The standard InChI is InChI=1S/C11H21F3N2O2/c1-4-7(15)10(11(12,13)14)16-5-8(17-2)9(6-16)18-3/h7-10H,4-6,15H2,1-3H3. The summed E-state index contributed by atoms with van der Waals surface area (Å²) in [4.78, 5) is 1.32. The second-order valence-electron chi connectivity index (χ2n) is 4.56. The van der Waals surface area contributed by atoms with Gasteiger partial charge in [0.25, 0.3) is 0 Å². The summed E-state index contributed by atoms with van der Waals surface area (Å²) >= 11 is 0. The highest BCUT2D eigenvalue weighted by molar-refractivity contribution is 4.95. The van der Waals surface area contributed by atoms with Gasteiger partial charge in [0.2, 0.25) is 0 Å². The van der Waals surface area contributed by atoms with E-state index in [1.807, 2.05) is 0 Å².